The Balaban J connectivity index is 3.46. The monoisotopic (exact) mass is 358 g/mol. The quantitative estimate of drug-likeness (QED) is 0.252. The summed E-state index contributed by atoms with van der Waals surface area (Å²) in [6, 6.07) is 0. The molecule has 7 heteroatoms. The van der Waals surface area contributed by atoms with Crippen LogP contribution in [-0.4, -0.2) is 64.3 Å². The van der Waals surface area contributed by atoms with Crippen molar-refractivity contribution in [2.45, 2.75) is 33.3 Å². The molecule has 0 saturated heterocycles. The maximum atomic E-state index is 11.4. The molecule has 7 nitrogen and oxygen atoms in total. The van der Waals surface area contributed by atoms with E-state index in [2.05, 4.69) is 13.2 Å². The average Bonchev–Trinajstić information content (AvgIpc) is 2.57. The zero-order valence-electron chi connectivity index (χ0n) is 15.5. The second-order valence-corrected chi connectivity index (χ2v) is 5.43. The predicted molar refractivity (Wildman–Crippen MR) is 93.2 cm³/mol. The molecule has 0 amide bonds. The minimum atomic E-state index is -0.420. The summed E-state index contributed by atoms with van der Waals surface area (Å²) in [6.45, 7) is 14.6. The maximum Gasteiger partial charge on any atom is 0.333 e. The van der Waals surface area contributed by atoms with Gasteiger partial charge in [-0.25, -0.2) is 9.59 Å². The fraction of sp³-hybridized carbons (Fsp3) is 0.667. The van der Waals surface area contributed by atoms with Crippen LogP contribution >= 0.6 is 0 Å². The highest BCUT2D eigenvalue weighted by Gasteiger charge is 2.13. The molecular weight excluding hydrogens is 328 g/mol. The van der Waals surface area contributed by atoms with Crippen LogP contribution in [0.2, 0.25) is 0 Å². The van der Waals surface area contributed by atoms with Gasteiger partial charge in [0.25, 0.3) is 0 Å². The van der Waals surface area contributed by atoms with Gasteiger partial charge in [0.05, 0.1) is 39.6 Å². The van der Waals surface area contributed by atoms with E-state index in [1.807, 2.05) is 6.92 Å². The number of rotatable bonds is 15. The predicted octanol–water partition coefficient (Wildman–Crippen LogP) is 2.05. The number of carbonyl (C=O) groups excluding carboxylic acids is 2. The van der Waals surface area contributed by atoms with Gasteiger partial charge in [0.15, 0.2) is 0 Å². The van der Waals surface area contributed by atoms with E-state index in [-0.39, 0.29) is 12.7 Å². The van der Waals surface area contributed by atoms with E-state index >= 15 is 0 Å². The minimum absolute atomic E-state index is 0.191. The number of ether oxygens (including phenoxy) is 5. The van der Waals surface area contributed by atoms with Crippen molar-refractivity contribution in [3.63, 3.8) is 0 Å². The Kier molecular flexibility index (Phi) is 13.6. The van der Waals surface area contributed by atoms with Crippen LogP contribution < -0.4 is 0 Å². The Morgan fingerprint density at radius 2 is 1.28 bits per heavy atom. The number of hydrogen-bond donors (Lipinski definition) is 0. The van der Waals surface area contributed by atoms with Gasteiger partial charge in [-0.1, -0.05) is 20.1 Å². The summed E-state index contributed by atoms with van der Waals surface area (Å²) in [7, 11) is 0. The lowest BCUT2D eigenvalue weighted by Gasteiger charge is -2.16. The van der Waals surface area contributed by atoms with Gasteiger partial charge in [0, 0.05) is 11.1 Å². The molecule has 0 aromatic carbocycles. The molecule has 0 saturated carbocycles. The second kappa shape index (κ2) is 14.6. The number of carbonyl (C=O) groups is 2. The van der Waals surface area contributed by atoms with Crippen LogP contribution in [0.3, 0.4) is 0 Å². The normalized spacial score (nSPS) is 11.6. The summed E-state index contributed by atoms with van der Waals surface area (Å²) >= 11 is 0. The summed E-state index contributed by atoms with van der Waals surface area (Å²) in [6.07, 6.45) is 0.387. The molecule has 0 heterocycles. The molecule has 0 N–H and O–H groups in total. The second-order valence-electron chi connectivity index (χ2n) is 5.43. The number of hydrogen-bond acceptors (Lipinski definition) is 7. The number of esters is 2. The van der Waals surface area contributed by atoms with Gasteiger partial charge in [0.1, 0.15) is 12.7 Å². The van der Waals surface area contributed by atoms with Crippen molar-refractivity contribution < 1.29 is 33.3 Å². The third-order valence-corrected chi connectivity index (χ3v) is 2.93. The highest BCUT2D eigenvalue weighted by molar-refractivity contribution is 5.87. The standard InChI is InChI=1S/C18H30O7/c1-6-16(25-18(20)15(4)5)13-23-10-9-21-7-8-22-11-12-24-17(19)14(2)3/h16H,2,4,6-13H2,1,3,5H3. The Morgan fingerprint density at radius 3 is 1.76 bits per heavy atom. The molecule has 0 aromatic heterocycles. The van der Waals surface area contributed by atoms with Crippen LogP contribution in [0.1, 0.15) is 27.2 Å². The molecule has 0 aliphatic carbocycles. The third kappa shape index (κ3) is 13.3. The fourth-order valence-electron chi connectivity index (χ4n) is 1.46. The molecule has 25 heavy (non-hydrogen) atoms. The largest absolute Gasteiger partial charge is 0.460 e. The van der Waals surface area contributed by atoms with Crippen LogP contribution in [0.15, 0.2) is 24.3 Å². The van der Waals surface area contributed by atoms with Crippen LogP contribution in [0.4, 0.5) is 0 Å². The molecule has 0 bridgehead atoms. The van der Waals surface area contributed by atoms with Gasteiger partial charge in [-0.3, -0.25) is 0 Å². The van der Waals surface area contributed by atoms with E-state index in [0.29, 0.717) is 57.2 Å². The molecular formula is C18H30O7. The summed E-state index contributed by atoms with van der Waals surface area (Å²) < 4.78 is 26.1. The first kappa shape index (κ1) is 23.3. The molecule has 0 radical (unpaired) electrons. The zero-order valence-corrected chi connectivity index (χ0v) is 15.5. The lowest BCUT2D eigenvalue weighted by Crippen LogP contribution is -2.24. The molecule has 144 valence electrons. The minimum Gasteiger partial charge on any atom is -0.460 e. The average molecular weight is 358 g/mol. The fourth-order valence-corrected chi connectivity index (χ4v) is 1.46. The first-order valence-corrected chi connectivity index (χ1v) is 8.30. The van der Waals surface area contributed by atoms with E-state index in [0.717, 1.165) is 0 Å². The van der Waals surface area contributed by atoms with Crippen LogP contribution in [-0.2, 0) is 33.3 Å². The Morgan fingerprint density at radius 1 is 0.800 bits per heavy atom. The van der Waals surface area contributed by atoms with Crippen LogP contribution in [0.25, 0.3) is 0 Å². The summed E-state index contributed by atoms with van der Waals surface area (Å²) in [4.78, 5) is 22.5. The molecule has 0 spiro atoms. The van der Waals surface area contributed by atoms with Gasteiger partial charge in [-0.15, -0.1) is 0 Å². The summed E-state index contributed by atoms with van der Waals surface area (Å²) in [5.74, 6) is -0.825. The van der Waals surface area contributed by atoms with Crippen molar-refractivity contribution in [2.75, 3.05) is 46.2 Å². The van der Waals surface area contributed by atoms with Crippen LogP contribution in [0, 0.1) is 0 Å². The third-order valence-electron chi connectivity index (χ3n) is 2.93. The molecule has 0 aromatic rings. The van der Waals surface area contributed by atoms with Crippen molar-refractivity contribution in [1.29, 1.82) is 0 Å². The Labute approximate surface area is 149 Å². The molecule has 0 rings (SSSR count). The Hall–Kier alpha value is -1.70. The summed E-state index contributed by atoms with van der Waals surface area (Å²) in [5.41, 5.74) is 0.735. The van der Waals surface area contributed by atoms with Gasteiger partial charge >= 0.3 is 11.9 Å². The highest BCUT2D eigenvalue weighted by Crippen LogP contribution is 2.03. The molecule has 1 atom stereocenters. The van der Waals surface area contributed by atoms with E-state index < -0.39 is 11.9 Å². The topological polar surface area (TPSA) is 80.3 Å². The SMILES string of the molecule is C=C(C)C(=O)OCCOCCOCCOCC(CC)OC(=O)C(=C)C. The van der Waals surface area contributed by atoms with Crippen LogP contribution in [0.5, 0.6) is 0 Å². The first-order valence-electron chi connectivity index (χ1n) is 8.30. The highest BCUT2D eigenvalue weighted by atomic mass is 16.6. The lowest BCUT2D eigenvalue weighted by molar-refractivity contribution is -0.147. The van der Waals surface area contributed by atoms with Crippen molar-refractivity contribution in [3.05, 3.63) is 24.3 Å². The zero-order chi connectivity index (χ0) is 19.1. The molecule has 0 fully saturated rings. The van der Waals surface area contributed by atoms with E-state index in [1.165, 1.54) is 0 Å². The van der Waals surface area contributed by atoms with Crippen molar-refractivity contribution in [1.82, 2.24) is 0 Å². The first-order chi connectivity index (χ1) is 11.9. The van der Waals surface area contributed by atoms with Crippen molar-refractivity contribution >= 4 is 11.9 Å². The molecule has 0 aliphatic heterocycles. The van der Waals surface area contributed by atoms with Gasteiger partial charge < -0.3 is 23.7 Å². The van der Waals surface area contributed by atoms with Gasteiger partial charge in [-0.05, 0) is 20.3 Å². The van der Waals surface area contributed by atoms with Crippen molar-refractivity contribution in [3.8, 4) is 0 Å². The van der Waals surface area contributed by atoms with E-state index in [9.17, 15) is 9.59 Å². The molecule has 1 unspecified atom stereocenters. The van der Waals surface area contributed by atoms with Gasteiger partial charge in [-0.2, -0.15) is 0 Å². The maximum absolute atomic E-state index is 11.4. The smallest absolute Gasteiger partial charge is 0.333 e. The van der Waals surface area contributed by atoms with E-state index in [4.69, 9.17) is 23.7 Å². The summed E-state index contributed by atoms with van der Waals surface area (Å²) in [5, 5.41) is 0. The van der Waals surface area contributed by atoms with Crippen molar-refractivity contribution in [2.24, 2.45) is 0 Å². The Bertz CT molecular complexity index is 431. The molecule has 0 aliphatic rings. The van der Waals surface area contributed by atoms with E-state index in [1.54, 1.807) is 13.8 Å². The lowest BCUT2D eigenvalue weighted by atomic mass is 10.3. The van der Waals surface area contributed by atoms with Gasteiger partial charge in [0.2, 0.25) is 0 Å².